The van der Waals surface area contributed by atoms with Crippen molar-refractivity contribution in [2.45, 2.75) is 6.92 Å². The van der Waals surface area contributed by atoms with Crippen molar-refractivity contribution in [1.82, 2.24) is 20.2 Å². The van der Waals surface area contributed by atoms with E-state index in [0.29, 0.717) is 29.4 Å². The lowest BCUT2D eigenvalue weighted by molar-refractivity contribution is 0.0383. The molecule has 3 rings (SSSR count). The van der Waals surface area contributed by atoms with Crippen molar-refractivity contribution in [3.05, 3.63) is 47.4 Å². The molecule has 2 aromatic rings. The zero-order chi connectivity index (χ0) is 19.1. The van der Waals surface area contributed by atoms with Gasteiger partial charge in [-0.2, -0.15) is 5.26 Å². The van der Waals surface area contributed by atoms with Crippen LogP contribution in [0.15, 0.2) is 30.3 Å². The minimum Gasteiger partial charge on any atom is -0.379 e. The fraction of sp³-hybridized carbons (Fsp3) is 0.368. The molecule has 1 fully saturated rings. The van der Waals surface area contributed by atoms with Crippen LogP contribution in [0.4, 0.5) is 11.5 Å². The molecule has 0 bridgehead atoms. The number of benzene rings is 1. The van der Waals surface area contributed by atoms with E-state index in [1.54, 1.807) is 37.3 Å². The van der Waals surface area contributed by atoms with E-state index in [0.717, 1.165) is 38.5 Å². The molecule has 0 spiro atoms. The molecule has 27 heavy (non-hydrogen) atoms. The number of carbonyl (C=O) groups excluding carboxylic acids is 1. The molecule has 1 saturated heterocycles. The summed E-state index contributed by atoms with van der Waals surface area (Å²) in [4.78, 5) is 23.2. The van der Waals surface area contributed by atoms with Gasteiger partial charge in [0.2, 0.25) is 0 Å². The normalized spacial score (nSPS) is 14.4. The van der Waals surface area contributed by atoms with Crippen LogP contribution in [0.3, 0.4) is 0 Å². The number of rotatable bonds is 6. The molecule has 0 aliphatic carbocycles. The summed E-state index contributed by atoms with van der Waals surface area (Å²) in [7, 11) is 0. The minimum absolute atomic E-state index is 0.225. The molecule has 2 heterocycles. The van der Waals surface area contributed by atoms with Gasteiger partial charge in [0, 0.05) is 37.9 Å². The van der Waals surface area contributed by atoms with E-state index in [1.165, 1.54) is 0 Å². The maximum atomic E-state index is 12.4. The average molecular weight is 366 g/mol. The van der Waals surface area contributed by atoms with Gasteiger partial charge in [0.15, 0.2) is 0 Å². The third-order valence-electron chi connectivity index (χ3n) is 4.17. The Labute approximate surface area is 158 Å². The highest BCUT2D eigenvalue weighted by Gasteiger charge is 2.13. The number of nitriles is 1. The van der Waals surface area contributed by atoms with Crippen LogP contribution < -0.4 is 10.6 Å². The van der Waals surface area contributed by atoms with Gasteiger partial charge in [-0.1, -0.05) is 0 Å². The molecule has 140 valence electrons. The number of carbonyl (C=O) groups is 1. The predicted molar refractivity (Wildman–Crippen MR) is 101 cm³/mol. The van der Waals surface area contributed by atoms with E-state index in [1.807, 2.05) is 0 Å². The summed E-state index contributed by atoms with van der Waals surface area (Å²) in [5.74, 6) is 0.814. The predicted octanol–water partition coefficient (Wildman–Crippen LogP) is 1.46. The summed E-state index contributed by atoms with van der Waals surface area (Å²) >= 11 is 0. The van der Waals surface area contributed by atoms with Crippen LogP contribution in [0.1, 0.15) is 21.9 Å². The zero-order valence-electron chi connectivity index (χ0n) is 15.2. The van der Waals surface area contributed by atoms with Crippen LogP contribution in [0.5, 0.6) is 0 Å². The average Bonchev–Trinajstić information content (AvgIpc) is 2.69. The second kappa shape index (κ2) is 9.07. The van der Waals surface area contributed by atoms with Gasteiger partial charge < -0.3 is 15.4 Å². The Balaban J connectivity index is 1.59. The molecule has 8 nitrogen and oxygen atoms in total. The first-order valence-corrected chi connectivity index (χ1v) is 8.85. The van der Waals surface area contributed by atoms with Crippen LogP contribution in [-0.4, -0.2) is 60.2 Å². The minimum atomic E-state index is -0.225. The Hall–Kier alpha value is -3.02. The van der Waals surface area contributed by atoms with Gasteiger partial charge in [-0.25, -0.2) is 9.97 Å². The Morgan fingerprint density at radius 2 is 2.00 bits per heavy atom. The second-order valence-electron chi connectivity index (χ2n) is 6.21. The molecule has 2 N–H and O–H groups in total. The van der Waals surface area contributed by atoms with Crippen molar-refractivity contribution in [2.75, 3.05) is 44.7 Å². The lowest BCUT2D eigenvalue weighted by atomic mass is 10.2. The SMILES string of the molecule is Cc1nc(Nc2ccc(C#N)cc2)cc(C(=O)NCCN2CCOCC2)n1. The molecule has 0 radical (unpaired) electrons. The highest BCUT2D eigenvalue weighted by atomic mass is 16.5. The lowest BCUT2D eigenvalue weighted by Gasteiger charge is -2.26. The van der Waals surface area contributed by atoms with Crippen LogP contribution in [-0.2, 0) is 4.74 Å². The second-order valence-corrected chi connectivity index (χ2v) is 6.21. The van der Waals surface area contributed by atoms with Crippen LogP contribution >= 0.6 is 0 Å². The summed E-state index contributed by atoms with van der Waals surface area (Å²) in [6.07, 6.45) is 0. The van der Waals surface area contributed by atoms with Crippen LogP contribution in [0.2, 0.25) is 0 Å². The van der Waals surface area contributed by atoms with E-state index in [9.17, 15) is 4.79 Å². The summed E-state index contributed by atoms with van der Waals surface area (Å²) in [5.41, 5.74) is 1.69. The van der Waals surface area contributed by atoms with E-state index in [2.05, 4.69) is 31.6 Å². The summed E-state index contributed by atoms with van der Waals surface area (Å²) in [6.45, 7) is 6.35. The lowest BCUT2D eigenvalue weighted by Crippen LogP contribution is -2.41. The molecular formula is C19H22N6O2. The number of hydrogen-bond donors (Lipinski definition) is 2. The smallest absolute Gasteiger partial charge is 0.270 e. The van der Waals surface area contributed by atoms with Crippen molar-refractivity contribution >= 4 is 17.4 Å². The summed E-state index contributed by atoms with van der Waals surface area (Å²) in [6, 6.07) is 10.7. The van der Waals surface area contributed by atoms with Gasteiger partial charge in [-0.05, 0) is 31.2 Å². The molecule has 1 aliphatic heterocycles. The molecule has 1 aromatic heterocycles. The van der Waals surface area contributed by atoms with Crippen molar-refractivity contribution in [3.8, 4) is 6.07 Å². The molecule has 1 amide bonds. The number of aryl methyl sites for hydroxylation is 1. The number of ether oxygens (including phenoxy) is 1. The largest absolute Gasteiger partial charge is 0.379 e. The number of morpholine rings is 1. The maximum Gasteiger partial charge on any atom is 0.270 e. The fourth-order valence-electron chi connectivity index (χ4n) is 2.77. The number of amides is 1. The van der Waals surface area contributed by atoms with Crippen LogP contribution in [0.25, 0.3) is 0 Å². The van der Waals surface area contributed by atoms with Gasteiger partial charge in [-0.15, -0.1) is 0 Å². The monoisotopic (exact) mass is 366 g/mol. The first kappa shape index (κ1) is 18.8. The molecular weight excluding hydrogens is 344 g/mol. The molecule has 0 saturated carbocycles. The van der Waals surface area contributed by atoms with Crippen molar-refractivity contribution in [1.29, 1.82) is 5.26 Å². The van der Waals surface area contributed by atoms with E-state index in [-0.39, 0.29) is 5.91 Å². The molecule has 1 aliphatic rings. The highest BCUT2D eigenvalue weighted by molar-refractivity contribution is 5.93. The number of nitrogens with zero attached hydrogens (tertiary/aromatic N) is 4. The van der Waals surface area contributed by atoms with Crippen molar-refractivity contribution < 1.29 is 9.53 Å². The van der Waals surface area contributed by atoms with Gasteiger partial charge in [0.1, 0.15) is 17.3 Å². The van der Waals surface area contributed by atoms with Crippen molar-refractivity contribution in [2.24, 2.45) is 0 Å². The Bertz CT molecular complexity index is 825. The van der Waals surface area contributed by atoms with E-state index in [4.69, 9.17) is 10.00 Å². The summed E-state index contributed by atoms with van der Waals surface area (Å²) in [5, 5.41) is 14.9. The van der Waals surface area contributed by atoms with Crippen molar-refractivity contribution in [3.63, 3.8) is 0 Å². The van der Waals surface area contributed by atoms with Gasteiger partial charge >= 0.3 is 0 Å². The number of hydrogen-bond acceptors (Lipinski definition) is 7. The molecule has 1 aromatic carbocycles. The highest BCUT2D eigenvalue weighted by Crippen LogP contribution is 2.16. The van der Waals surface area contributed by atoms with E-state index < -0.39 is 0 Å². The summed E-state index contributed by atoms with van der Waals surface area (Å²) < 4.78 is 5.32. The Morgan fingerprint density at radius 3 is 2.70 bits per heavy atom. The molecule has 8 heteroatoms. The first-order chi connectivity index (χ1) is 13.1. The standard InChI is InChI=1S/C19H22N6O2/c1-14-22-17(19(26)21-6-7-25-8-10-27-11-9-25)12-18(23-14)24-16-4-2-15(13-20)3-5-16/h2-5,12H,6-11H2,1H3,(H,21,26)(H,22,23,24). The van der Waals surface area contributed by atoms with Gasteiger partial charge in [0.05, 0.1) is 24.8 Å². The number of anilines is 2. The Morgan fingerprint density at radius 1 is 1.26 bits per heavy atom. The quantitative estimate of drug-likeness (QED) is 0.798. The van der Waals surface area contributed by atoms with Gasteiger partial charge in [0.25, 0.3) is 5.91 Å². The van der Waals surface area contributed by atoms with Gasteiger partial charge in [-0.3, -0.25) is 9.69 Å². The third-order valence-corrected chi connectivity index (χ3v) is 4.17. The zero-order valence-corrected chi connectivity index (χ0v) is 15.2. The topological polar surface area (TPSA) is 103 Å². The van der Waals surface area contributed by atoms with E-state index >= 15 is 0 Å². The number of nitrogens with one attached hydrogen (secondary N) is 2. The Kier molecular flexibility index (Phi) is 6.30. The molecule has 0 unspecified atom stereocenters. The van der Waals surface area contributed by atoms with Crippen LogP contribution in [0, 0.1) is 18.3 Å². The maximum absolute atomic E-state index is 12.4. The number of aromatic nitrogens is 2. The fourth-order valence-corrected chi connectivity index (χ4v) is 2.77. The third kappa shape index (κ3) is 5.48. The molecule has 0 atom stereocenters. The first-order valence-electron chi connectivity index (χ1n) is 8.85.